The van der Waals surface area contributed by atoms with Crippen molar-refractivity contribution in [3.8, 4) is 11.8 Å². The maximum absolute atomic E-state index is 4.02. The van der Waals surface area contributed by atoms with Crippen LogP contribution in [0.5, 0.6) is 0 Å². The molecule has 0 atom stereocenters. The lowest BCUT2D eigenvalue weighted by Gasteiger charge is -2.12. The molecule has 0 aliphatic heterocycles. The van der Waals surface area contributed by atoms with E-state index in [1.54, 1.807) is 6.08 Å². The van der Waals surface area contributed by atoms with Crippen LogP contribution in [-0.4, -0.2) is 0 Å². The van der Waals surface area contributed by atoms with E-state index >= 15 is 0 Å². The van der Waals surface area contributed by atoms with Crippen LogP contribution in [-0.2, 0) is 0 Å². The summed E-state index contributed by atoms with van der Waals surface area (Å²) in [5.74, 6) is 6.03. The molecule has 0 amide bonds. The van der Waals surface area contributed by atoms with Crippen molar-refractivity contribution in [2.45, 2.75) is 33.1 Å². The molecule has 0 spiro atoms. The van der Waals surface area contributed by atoms with Crippen LogP contribution in [0.25, 0.3) is 0 Å². The zero-order valence-electron chi connectivity index (χ0n) is 10.8. The molecule has 0 nitrogen and oxygen atoms in total. The van der Waals surface area contributed by atoms with Gasteiger partial charge >= 0.3 is 0 Å². The average Bonchev–Trinajstić information content (AvgIpc) is 2.35. The van der Waals surface area contributed by atoms with Crippen molar-refractivity contribution in [3.63, 3.8) is 0 Å². The Morgan fingerprint density at radius 3 is 2.71 bits per heavy atom. The average molecular weight is 224 g/mol. The van der Waals surface area contributed by atoms with Crippen LogP contribution in [0.3, 0.4) is 0 Å². The topological polar surface area (TPSA) is 0 Å². The normalized spacial score (nSPS) is 15.3. The Bertz CT molecular complexity index is 456. The summed E-state index contributed by atoms with van der Waals surface area (Å²) in [5.41, 5.74) is 4.98. The fourth-order valence-electron chi connectivity index (χ4n) is 1.74. The Morgan fingerprint density at radius 1 is 1.41 bits per heavy atom. The number of allylic oxidation sites excluding steroid dienone is 8. The molecule has 0 heterocycles. The second-order valence-corrected chi connectivity index (χ2v) is 4.19. The molecule has 17 heavy (non-hydrogen) atoms. The molecule has 0 unspecified atom stereocenters. The highest BCUT2D eigenvalue weighted by molar-refractivity contribution is 5.45. The molecule has 0 fully saturated rings. The van der Waals surface area contributed by atoms with E-state index in [-0.39, 0.29) is 0 Å². The fraction of sp³-hybridized carbons (Fsp3) is 0.294. The van der Waals surface area contributed by atoms with Crippen molar-refractivity contribution in [3.05, 3.63) is 59.8 Å². The molecule has 0 saturated carbocycles. The molecule has 1 aliphatic rings. The Balaban J connectivity index is 2.98. The van der Waals surface area contributed by atoms with E-state index in [0.717, 1.165) is 24.8 Å². The van der Waals surface area contributed by atoms with E-state index in [1.807, 2.05) is 6.92 Å². The van der Waals surface area contributed by atoms with E-state index in [0.29, 0.717) is 0 Å². The van der Waals surface area contributed by atoms with E-state index in [1.165, 1.54) is 16.7 Å². The molecule has 88 valence electrons. The summed E-state index contributed by atoms with van der Waals surface area (Å²) in [6, 6.07) is 0. The summed E-state index contributed by atoms with van der Waals surface area (Å²) in [7, 11) is 0. The molecular weight excluding hydrogens is 204 g/mol. The monoisotopic (exact) mass is 224 g/mol. The maximum Gasteiger partial charge on any atom is 0.0346 e. The third-order valence-corrected chi connectivity index (χ3v) is 2.94. The molecule has 1 rings (SSSR count). The van der Waals surface area contributed by atoms with Crippen LogP contribution in [0, 0.1) is 11.8 Å². The second kappa shape index (κ2) is 6.76. The minimum atomic E-state index is 0.752. The first-order valence-corrected chi connectivity index (χ1v) is 5.94. The van der Waals surface area contributed by atoms with Gasteiger partial charge in [-0.25, -0.2) is 0 Å². The summed E-state index contributed by atoms with van der Waals surface area (Å²) in [6.07, 6.45) is 11.3. The summed E-state index contributed by atoms with van der Waals surface area (Å²) in [4.78, 5) is 0. The lowest BCUT2D eigenvalue weighted by Crippen LogP contribution is -1.93. The fourth-order valence-corrected chi connectivity index (χ4v) is 1.74. The number of rotatable bonds is 4. The zero-order valence-corrected chi connectivity index (χ0v) is 10.8. The Kier molecular flexibility index (Phi) is 5.30. The second-order valence-electron chi connectivity index (χ2n) is 4.19. The molecule has 0 bridgehead atoms. The molecule has 0 N–H and O–H groups in total. The van der Waals surface area contributed by atoms with Gasteiger partial charge in [0, 0.05) is 6.42 Å². The van der Waals surface area contributed by atoms with Gasteiger partial charge < -0.3 is 0 Å². The standard InChI is InChI=1S/C17H20/c1-5-7-11-16(14(3)6-2)13-17-12-9-8-10-15(17)4/h6,8-9,13H,2-3,10-12H2,1,4H3/b16-13-. The summed E-state index contributed by atoms with van der Waals surface area (Å²) >= 11 is 0. The zero-order chi connectivity index (χ0) is 12.7. The first-order valence-electron chi connectivity index (χ1n) is 5.94. The quantitative estimate of drug-likeness (QED) is 0.368. The van der Waals surface area contributed by atoms with Gasteiger partial charge in [0.1, 0.15) is 0 Å². The van der Waals surface area contributed by atoms with Crippen LogP contribution in [0.4, 0.5) is 0 Å². The summed E-state index contributed by atoms with van der Waals surface area (Å²) in [5, 5.41) is 0. The molecule has 0 aromatic rings. The molecule has 1 aliphatic carbocycles. The third kappa shape index (κ3) is 3.96. The molecule has 0 aromatic heterocycles. The predicted octanol–water partition coefficient (Wildman–Crippen LogP) is 4.73. The van der Waals surface area contributed by atoms with Crippen LogP contribution in [0.1, 0.15) is 33.1 Å². The van der Waals surface area contributed by atoms with Crippen LogP contribution < -0.4 is 0 Å². The smallest absolute Gasteiger partial charge is 0.0346 e. The Morgan fingerprint density at radius 2 is 2.12 bits per heavy atom. The van der Waals surface area contributed by atoms with Crippen molar-refractivity contribution < 1.29 is 0 Å². The first-order chi connectivity index (χ1) is 8.19. The van der Waals surface area contributed by atoms with Gasteiger partial charge in [-0.3, -0.25) is 0 Å². The lowest BCUT2D eigenvalue weighted by atomic mass is 9.93. The molecule has 0 aromatic carbocycles. The van der Waals surface area contributed by atoms with Crippen molar-refractivity contribution in [1.29, 1.82) is 0 Å². The minimum Gasteiger partial charge on any atom is -0.106 e. The summed E-state index contributed by atoms with van der Waals surface area (Å²) < 4.78 is 0. The predicted molar refractivity (Wildman–Crippen MR) is 76.6 cm³/mol. The van der Waals surface area contributed by atoms with E-state index < -0.39 is 0 Å². The number of hydrogen-bond donors (Lipinski definition) is 0. The molecule has 0 radical (unpaired) electrons. The van der Waals surface area contributed by atoms with Gasteiger partial charge in [0.25, 0.3) is 0 Å². The van der Waals surface area contributed by atoms with Crippen LogP contribution >= 0.6 is 0 Å². The van der Waals surface area contributed by atoms with Crippen molar-refractivity contribution in [1.82, 2.24) is 0 Å². The highest BCUT2D eigenvalue weighted by atomic mass is 14.1. The van der Waals surface area contributed by atoms with Gasteiger partial charge in [-0.05, 0) is 43.4 Å². The lowest BCUT2D eigenvalue weighted by molar-refractivity contribution is 1.06. The third-order valence-electron chi connectivity index (χ3n) is 2.94. The van der Waals surface area contributed by atoms with Crippen molar-refractivity contribution in [2.75, 3.05) is 0 Å². The molecule has 0 heteroatoms. The van der Waals surface area contributed by atoms with Gasteiger partial charge in [-0.1, -0.05) is 49.0 Å². The first kappa shape index (κ1) is 13.3. The Labute approximate surface area is 105 Å². The number of hydrogen-bond acceptors (Lipinski definition) is 0. The van der Waals surface area contributed by atoms with E-state index in [9.17, 15) is 0 Å². The highest BCUT2D eigenvalue weighted by Gasteiger charge is 2.05. The molecule has 0 saturated heterocycles. The largest absolute Gasteiger partial charge is 0.106 e. The van der Waals surface area contributed by atoms with Gasteiger partial charge in [0.2, 0.25) is 0 Å². The maximum atomic E-state index is 4.02. The summed E-state index contributed by atoms with van der Waals surface area (Å²) in [6.45, 7) is 11.9. The Hall–Kier alpha value is -1.74. The molecular formula is C17H20. The van der Waals surface area contributed by atoms with Gasteiger partial charge in [-0.2, -0.15) is 0 Å². The van der Waals surface area contributed by atoms with Gasteiger partial charge in [0.15, 0.2) is 0 Å². The minimum absolute atomic E-state index is 0.752. The van der Waals surface area contributed by atoms with Crippen molar-refractivity contribution in [2.24, 2.45) is 0 Å². The van der Waals surface area contributed by atoms with Crippen LogP contribution in [0.15, 0.2) is 59.8 Å². The van der Waals surface area contributed by atoms with Crippen LogP contribution in [0.2, 0.25) is 0 Å². The SMILES string of the molecule is C=CC(=C)/C(=C\C1=C(C)CC=CC1)CC#CC. The van der Waals surface area contributed by atoms with E-state index in [4.69, 9.17) is 0 Å². The van der Waals surface area contributed by atoms with Gasteiger partial charge in [-0.15, -0.1) is 5.92 Å². The van der Waals surface area contributed by atoms with E-state index in [2.05, 4.69) is 50.2 Å². The highest BCUT2D eigenvalue weighted by Crippen LogP contribution is 2.24. The van der Waals surface area contributed by atoms with Crippen molar-refractivity contribution >= 4 is 0 Å². The van der Waals surface area contributed by atoms with Gasteiger partial charge in [0.05, 0.1) is 0 Å².